The molecule has 1 aromatic rings. The lowest BCUT2D eigenvalue weighted by Crippen LogP contribution is -2.46. The first-order valence-electron chi connectivity index (χ1n) is 9.15. The van der Waals surface area contributed by atoms with Crippen molar-refractivity contribution in [2.45, 2.75) is 51.5 Å². The molecule has 6 nitrogen and oxygen atoms in total. The fourth-order valence-electron chi connectivity index (χ4n) is 2.47. The SMILES string of the molecule is C=C(C(N)=O)[C@@H](NC(=O)CCCCCCC)C(=O)COc1c(F)cccc1F. The van der Waals surface area contributed by atoms with Crippen molar-refractivity contribution in [2.75, 3.05) is 6.61 Å². The minimum Gasteiger partial charge on any atom is -0.480 e. The molecular weight excluding hydrogens is 370 g/mol. The minimum atomic E-state index is -1.42. The fourth-order valence-corrected chi connectivity index (χ4v) is 2.47. The predicted molar refractivity (Wildman–Crippen MR) is 101 cm³/mol. The highest BCUT2D eigenvalue weighted by Crippen LogP contribution is 2.21. The second kappa shape index (κ2) is 11.8. The third-order valence-electron chi connectivity index (χ3n) is 4.08. The molecule has 3 N–H and O–H groups in total. The molecule has 0 bridgehead atoms. The lowest BCUT2D eigenvalue weighted by molar-refractivity contribution is -0.129. The Hall–Kier alpha value is -2.77. The number of hydrogen-bond acceptors (Lipinski definition) is 4. The second-order valence-corrected chi connectivity index (χ2v) is 6.36. The molecule has 0 heterocycles. The van der Waals surface area contributed by atoms with Gasteiger partial charge >= 0.3 is 0 Å². The van der Waals surface area contributed by atoms with Crippen LogP contribution in [0.1, 0.15) is 45.4 Å². The molecule has 0 saturated carbocycles. The van der Waals surface area contributed by atoms with E-state index in [2.05, 4.69) is 18.8 Å². The molecule has 0 aromatic heterocycles. The number of nitrogens with one attached hydrogen (secondary N) is 1. The Morgan fingerprint density at radius 3 is 2.32 bits per heavy atom. The van der Waals surface area contributed by atoms with Gasteiger partial charge in [-0.15, -0.1) is 0 Å². The standard InChI is InChI=1S/C20H26F2N2O4/c1-3-4-5-6-7-11-17(26)24-18(13(2)20(23)27)16(25)12-28-19-14(21)9-8-10-15(19)22/h8-10,18H,2-7,11-12H2,1H3,(H2,23,27)(H,24,26)/t18-/m1/s1. The van der Waals surface area contributed by atoms with Crippen LogP contribution in [0.15, 0.2) is 30.4 Å². The van der Waals surface area contributed by atoms with E-state index in [9.17, 15) is 23.2 Å². The number of amides is 2. The first-order valence-corrected chi connectivity index (χ1v) is 9.15. The third kappa shape index (κ3) is 7.46. The van der Waals surface area contributed by atoms with Gasteiger partial charge in [0.05, 0.1) is 0 Å². The number of para-hydroxylation sites is 1. The maximum atomic E-state index is 13.6. The molecule has 0 aliphatic rings. The van der Waals surface area contributed by atoms with E-state index in [1.807, 2.05) is 0 Å². The molecule has 0 saturated heterocycles. The normalized spacial score (nSPS) is 11.5. The van der Waals surface area contributed by atoms with Gasteiger partial charge < -0.3 is 15.8 Å². The van der Waals surface area contributed by atoms with Crippen LogP contribution >= 0.6 is 0 Å². The van der Waals surface area contributed by atoms with Crippen LogP contribution < -0.4 is 15.8 Å². The number of rotatable bonds is 13. The van der Waals surface area contributed by atoms with Crippen molar-refractivity contribution in [1.82, 2.24) is 5.32 Å². The molecular formula is C20H26F2N2O4. The quantitative estimate of drug-likeness (QED) is 0.396. The molecule has 154 valence electrons. The van der Waals surface area contributed by atoms with E-state index in [-0.39, 0.29) is 12.0 Å². The summed E-state index contributed by atoms with van der Waals surface area (Å²) in [4.78, 5) is 35.9. The van der Waals surface area contributed by atoms with Crippen LogP contribution in [-0.2, 0) is 14.4 Å². The summed E-state index contributed by atoms with van der Waals surface area (Å²) in [5.74, 6) is -4.90. The van der Waals surface area contributed by atoms with Gasteiger partial charge in [0.25, 0.3) is 0 Å². The highest BCUT2D eigenvalue weighted by Gasteiger charge is 2.27. The maximum Gasteiger partial charge on any atom is 0.246 e. The zero-order valence-electron chi connectivity index (χ0n) is 15.9. The Bertz CT molecular complexity index is 702. The number of ether oxygens (including phenoxy) is 1. The Labute approximate surface area is 163 Å². The van der Waals surface area contributed by atoms with Gasteiger partial charge in [0.1, 0.15) is 12.6 Å². The molecule has 1 rings (SSSR count). The zero-order valence-corrected chi connectivity index (χ0v) is 15.9. The van der Waals surface area contributed by atoms with E-state index in [0.29, 0.717) is 6.42 Å². The number of carbonyl (C=O) groups is 3. The van der Waals surface area contributed by atoms with Crippen molar-refractivity contribution in [3.8, 4) is 5.75 Å². The number of carbonyl (C=O) groups excluding carboxylic acids is 3. The number of unbranched alkanes of at least 4 members (excludes halogenated alkanes) is 4. The Morgan fingerprint density at radius 1 is 1.14 bits per heavy atom. The van der Waals surface area contributed by atoms with Crippen LogP contribution in [-0.4, -0.2) is 30.2 Å². The van der Waals surface area contributed by atoms with Crippen molar-refractivity contribution in [3.63, 3.8) is 0 Å². The van der Waals surface area contributed by atoms with Gasteiger partial charge in [0.2, 0.25) is 11.8 Å². The summed E-state index contributed by atoms with van der Waals surface area (Å²) in [5, 5.41) is 2.40. The smallest absolute Gasteiger partial charge is 0.246 e. The summed E-state index contributed by atoms with van der Waals surface area (Å²) in [6.07, 6.45) is 4.82. The zero-order chi connectivity index (χ0) is 21.1. The summed E-state index contributed by atoms with van der Waals surface area (Å²) in [6.45, 7) is 4.73. The number of ketones is 1. The number of primary amides is 1. The predicted octanol–water partition coefficient (Wildman–Crippen LogP) is 2.80. The summed E-state index contributed by atoms with van der Waals surface area (Å²) in [7, 11) is 0. The molecule has 0 spiro atoms. The molecule has 28 heavy (non-hydrogen) atoms. The molecule has 0 fully saturated rings. The molecule has 1 aromatic carbocycles. The van der Waals surface area contributed by atoms with Gasteiger partial charge in [-0.05, 0) is 18.6 Å². The van der Waals surface area contributed by atoms with Gasteiger partial charge in [-0.3, -0.25) is 14.4 Å². The van der Waals surface area contributed by atoms with Crippen LogP contribution in [0, 0.1) is 11.6 Å². The van der Waals surface area contributed by atoms with E-state index in [0.717, 1.165) is 43.9 Å². The first kappa shape index (κ1) is 23.3. The minimum absolute atomic E-state index is 0.169. The van der Waals surface area contributed by atoms with Gasteiger partial charge in [-0.2, -0.15) is 0 Å². The van der Waals surface area contributed by atoms with Gasteiger partial charge in [-0.25, -0.2) is 8.78 Å². The average molecular weight is 396 g/mol. The van der Waals surface area contributed by atoms with E-state index in [1.165, 1.54) is 0 Å². The summed E-state index contributed by atoms with van der Waals surface area (Å²) >= 11 is 0. The van der Waals surface area contributed by atoms with E-state index >= 15 is 0 Å². The van der Waals surface area contributed by atoms with E-state index in [4.69, 9.17) is 10.5 Å². The summed E-state index contributed by atoms with van der Waals surface area (Å²) in [5.41, 5.74) is 4.83. The molecule has 0 radical (unpaired) electrons. The Balaban J connectivity index is 2.70. The fraction of sp³-hybridized carbons (Fsp3) is 0.450. The third-order valence-corrected chi connectivity index (χ3v) is 4.08. The van der Waals surface area contributed by atoms with Crippen molar-refractivity contribution in [1.29, 1.82) is 0 Å². The van der Waals surface area contributed by atoms with Crippen LogP contribution in [0.2, 0.25) is 0 Å². The van der Waals surface area contributed by atoms with Crippen LogP contribution in [0.3, 0.4) is 0 Å². The summed E-state index contributed by atoms with van der Waals surface area (Å²) in [6, 6.07) is 1.68. The second-order valence-electron chi connectivity index (χ2n) is 6.36. The molecule has 1 atom stereocenters. The number of benzene rings is 1. The molecule has 8 heteroatoms. The molecule has 0 unspecified atom stereocenters. The van der Waals surface area contributed by atoms with E-state index < -0.39 is 47.6 Å². The monoisotopic (exact) mass is 396 g/mol. The van der Waals surface area contributed by atoms with Crippen molar-refractivity contribution in [3.05, 3.63) is 42.0 Å². The molecule has 0 aliphatic heterocycles. The van der Waals surface area contributed by atoms with E-state index in [1.54, 1.807) is 0 Å². The van der Waals surface area contributed by atoms with Crippen molar-refractivity contribution in [2.24, 2.45) is 5.73 Å². The van der Waals surface area contributed by atoms with Crippen molar-refractivity contribution < 1.29 is 27.9 Å². The molecule has 0 aliphatic carbocycles. The average Bonchev–Trinajstić information content (AvgIpc) is 2.64. The number of hydrogen-bond donors (Lipinski definition) is 2. The lowest BCUT2D eigenvalue weighted by atomic mass is 10.0. The molecule has 2 amide bonds. The van der Waals surface area contributed by atoms with Crippen LogP contribution in [0.5, 0.6) is 5.75 Å². The topological polar surface area (TPSA) is 98.5 Å². The van der Waals surface area contributed by atoms with Gasteiger partial charge in [0.15, 0.2) is 23.2 Å². The number of Topliss-reactive ketones (excluding diaryl/α,β-unsaturated/α-hetero) is 1. The number of nitrogens with two attached hydrogens (primary N) is 1. The summed E-state index contributed by atoms with van der Waals surface area (Å²) < 4.78 is 32.1. The maximum absolute atomic E-state index is 13.6. The largest absolute Gasteiger partial charge is 0.480 e. The highest BCUT2D eigenvalue weighted by molar-refractivity contribution is 6.03. The Kier molecular flexibility index (Phi) is 9.84. The van der Waals surface area contributed by atoms with Crippen LogP contribution in [0.25, 0.3) is 0 Å². The van der Waals surface area contributed by atoms with Gasteiger partial charge in [-0.1, -0.05) is 45.3 Å². The lowest BCUT2D eigenvalue weighted by Gasteiger charge is -2.19. The van der Waals surface area contributed by atoms with Crippen molar-refractivity contribution >= 4 is 17.6 Å². The number of halogens is 2. The van der Waals surface area contributed by atoms with Gasteiger partial charge in [0, 0.05) is 12.0 Å². The van der Waals surface area contributed by atoms with Crippen LogP contribution in [0.4, 0.5) is 8.78 Å². The Morgan fingerprint density at radius 2 is 1.75 bits per heavy atom. The highest BCUT2D eigenvalue weighted by atomic mass is 19.1. The first-order chi connectivity index (χ1) is 13.3.